The molecule has 0 aliphatic carbocycles. The molecule has 1 aromatic carbocycles. The van der Waals surface area contributed by atoms with Crippen molar-refractivity contribution in [3.05, 3.63) is 57.3 Å². The van der Waals surface area contributed by atoms with Crippen LogP contribution in [0, 0.1) is 0 Å². The lowest BCUT2D eigenvalue weighted by Crippen LogP contribution is -2.36. The van der Waals surface area contributed by atoms with Crippen LogP contribution in [0.5, 0.6) is 0 Å². The molecule has 0 saturated heterocycles. The molecule has 0 atom stereocenters. The highest BCUT2D eigenvalue weighted by Crippen LogP contribution is 2.24. The van der Waals surface area contributed by atoms with Crippen LogP contribution < -0.4 is 16.4 Å². The van der Waals surface area contributed by atoms with Crippen LogP contribution in [0.2, 0.25) is 10.2 Å². The Kier molecular flexibility index (Phi) is 6.11. The van der Waals surface area contributed by atoms with Crippen LogP contribution >= 0.6 is 23.2 Å². The molecule has 4 N–H and O–H groups in total. The molecule has 0 aliphatic rings. The van der Waals surface area contributed by atoms with Gasteiger partial charge in [0, 0.05) is 31.9 Å². The molecule has 8 heteroatoms. The fraction of sp³-hybridized carbons (Fsp3) is 0.250. The lowest BCUT2D eigenvalue weighted by Gasteiger charge is -2.12. The lowest BCUT2D eigenvalue weighted by molar-refractivity contribution is 0.100. The van der Waals surface area contributed by atoms with E-state index in [2.05, 4.69) is 15.6 Å². The van der Waals surface area contributed by atoms with Gasteiger partial charge in [-0.05, 0) is 23.8 Å². The Labute approximate surface area is 150 Å². The van der Waals surface area contributed by atoms with Crippen molar-refractivity contribution in [1.82, 2.24) is 15.2 Å². The van der Waals surface area contributed by atoms with E-state index in [1.165, 1.54) is 0 Å². The maximum atomic E-state index is 11.1. The van der Waals surface area contributed by atoms with Crippen molar-refractivity contribution in [2.45, 2.75) is 13.1 Å². The summed E-state index contributed by atoms with van der Waals surface area (Å²) >= 11 is 12.0. The van der Waals surface area contributed by atoms with Gasteiger partial charge < -0.3 is 20.9 Å². The first-order chi connectivity index (χ1) is 11.4. The van der Waals surface area contributed by atoms with E-state index in [1.54, 1.807) is 19.2 Å². The number of nitrogens with one attached hydrogen (secondary N) is 2. The zero-order chi connectivity index (χ0) is 17.7. The van der Waals surface area contributed by atoms with E-state index < -0.39 is 5.91 Å². The number of hydrogen-bond acceptors (Lipinski definition) is 2. The number of carbonyl (C=O) groups excluding carboxylic acids is 1. The quantitative estimate of drug-likeness (QED) is 0.559. The highest BCUT2D eigenvalue weighted by atomic mass is 35.5. The molecule has 0 fully saturated rings. The molecule has 2 aromatic rings. The number of amides is 1. The molecule has 128 valence electrons. The van der Waals surface area contributed by atoms with Gasteiger partial charge in [-0.3, -0.25) is 9.79 Å². The first-order valence-corrected chi connectivity index (χ1v) is 8.00. The molecule has 0 aliphatic heterocycles. The Bertz CT molecular complexity index is 753. The summed E-state index contributed by atoms with van der Waals surface area (Å²) in [6.07, 6.45) is 0. The van der Waals surface area contributed by atoms with E-state index in [0.29, 0.717) is 34.8 Å². The summed E-state index contributed by atoms with van der Waals surface area (Å²) in [6, 6.07) is 8.90. The minimum atomic E-state index is -0.438. The van der Waals surface area contributed by atoms with Crippen LogP contribution in [0.25, 0.3) is 0 Å². The number of aliphatic imine (C=N–C) groups is 1. The van der Waals surface area contributed by atoms with Crippen molar-refractivity contribution in [2.75, 3.05) is 7.05 Å². The fourth-order valence-corrected chi connectivity index (χ4v) is 2.54. The molecule has 0 radical (unpaired) electrons. The highest BCUT2D eigenvalue weighted by Gasteiger charge is 2.09. The summed E-state index contributed by atoms with van der Waals surface area (Å²) in [5, 5.41) is 7.41. The fourth-order valence-electron chi connectivity index (χ4n) is 2.13. The summed E-state index contributed by atoms with van der Waals surface area (Å²) in [5.74, 6) is 0.203. The van der Waals surface area contributed by atoms with E-state index in [4.69, 9.17) is 28.9 Å². The van der Waals surface area contributed by atoms with E-state index >= 15 is 0 Å². The second kappa shape index (κ2) is 8.08. The van der Waals surface area contributed by atoms with E-state index in [9.17, 15) is 4.79 Å². The van der Waals surface area contributed by atoms with Gasteiger partial charge in [-0.25, -0.2) is 0 Å². The SMILES string of the molecule is CN=C(NCc1ccc(C(N)=O)cc1)NCc1cc(Cl)c(Cl)n1C. The molecule has 1 amide bonds. The Morgan fingerprint density at radius 1 is 1.21 bits per heavy atom. The van der Waals surface area contributed by atoms with Crippen LogP contribution in [0.4, 0.5) is 0 Å². The molecule has 0 unspecified atom stereocenters. The number of primary amides is 1. The smallest absolute Gasteiger partial charge is 0.248 e. The molecule has 6 nitrogen and oxygen atoms in total. The summed E-state index contributed by atoms with van der Waals surface area (Å²) in [4.78, 5) is 15.2. The van der Waals surface area contributed by atoms with Gasteiger partial charge >= 0.3 is 0 Å². The zero-order valence-corrected chi connectivity index (χ0v) is 14.9. The van der Waals surface area contributed by atoms with Gasteiger partial charge in [0.2, 0.25) is 5.91 Å². The number of nitrogens with two attached hydrogens (primary N) is 1. The lowest BCUT2D eigenvalue weighted by atomic mass is 10.1. The summed E-state index contributed by atoms with van der Waals surface area (Å²) < 4.78 is 1.81. The van der Waals surface area contributed by atoms with E-state index in [-0.39, 0.29) is 0 Å². The van der Waals surface area contributed by atoms with E-state index in [1.807, 2.05) is 29.8 Å². The van der Waals surface area contributed by atoms with Gasteiger partial charge in [-0.15, -0.1) is 0 Å². The van der Waals surface area contributed by atoms with Crippen LogP contribution in [-0.4, -0.2) is 23.5 Å². The number of hydrogen-bond donors (Lipinski definition) is 3. The standard InChI is InChI=1S/C16H19Cl2N5O/c1-20-16(22-9-12-7-13(17)14(18)23(12)2)21-8-10-3-5-11(6-4-10)15(19)24/h3-7H,8-9H2,1-2H3,(H2,19,24)(H2,20,21,22). The number of guanidine groups is 1. The summed E-state index contributed by atoms with van der Waals surface area (Å²) in [5.41, 5.74) is 7.66. The number of benzene rings is 1. The van der Waals surface area contributed by atoms with Crippen molar-refractivity contribution in [1.29, 1.82) is 0 Å². The maximum Gasteiger partial charge on any atom is 0.248 e. The highest BCUT2D eigenvalue weighted by molar-refractivity contribution is 6.41. The average Bonchev–Trinajstić information content (AvgIpc) is 2.82. The molecule has 1 heterocycles. The van der Waals surface area contributed by atoms with Gasteiger partial charge in [0.1, 0.15) is 5.15 Å². The van der Waals surface area contributed by atoms with Crippen LogP contribution in [0.1, 0.15) is 21.6 Å². The van der Waals surface area contributed by atoms with Gasteiger partial charge in [0.25, 0.3) is 0 Å². The first kappa shape index (κ1) is 18.2. The minimum absolute atomic E-state index is 0.438. The Hall–Kier alpha value is -2.18. The summed E-state index contributed by atoms with van der Waals surface area (Å²) in [7, 11) is 3.54. The van der Waals surface area contributed by atoms with Gasteiger partial charge in [0.15, 0.2) is 5.96 Å². The second-order valence-electron chi connectivity index (χ2n) is 5.17. The number of halogens is 2. The summed E-state index contributed by atoms with van der Waals surface area (Å²) in [6.45, 7) is 1.09. The number of carbonyl (C=O) groups is 1. The Balaban J connectivity index is 1.90. The van der Waals surface area contributed by atoms with Crippen molar-refractivity contribution >= 4 is 35.1 Å². The number of nitrogens with zero attached hydrogens (tertiary/aromatic N) is 2. The third-order valence-corrected chi connectivity index (χ3v) is 4.42. The van der Waals surface area contributed by atoms with Gasteiger partial charge in [-0.1, -0.05) is 35.3 Å². The molecular weight excluding hydrogens is 349 g/mol. The third-order valence-electron chi connectivity index (χ3n) is 3.57. The normalized spacial score (nSPS) is 11.4. The molecule has 2 rings (SSSR count). The van der Waals surface area contributed by atoms with Gasteiger partial charge in [0.05, 0.1) is 11.6 Å². The van der Waals surface area contributed by atoms with Crippen LogP contribution in [0.3, 0.4) is 0 Å². The van der Waals surface area contributed by atoms with Crippen LogP contribution in [0.15, 0.2) is 35.3 Å². The molecule has 1 aromatic heterocycles. The largest absolute Gasteiger partial charge is 0.366 e. The van der Waals surface area contributed by atoms with Crippen molar-refractivity contribution in [2.24, 2.45) is 17.8 Å². The molecular formula is C16H19Cl2N5O. The molecule has 24 heavy (non-hydrogen) atoms. The second-order valence-corrected chi connectivity index (χ2v) is 5.94. The Morgan fingerprint density at radius 2 is 1.83 bits per heavy atom. The minimum Gasteiger partial charge on any atom is -0.366 e. The molecule has 0 saturated carbocycles. The maximum absolute atomic E-state index is 11.1. The van der Waals surface area contributed by atoms with E-state index in [0.717, 1.165) is 11.3 Å². The Morgan fingerprint density at radius 3 is 2.33 bits per heavy atom. The monoisotopic (exact) mass is 367 g/mol. The topological polar surface area (TPSA) is 84.4 Å². The first-order valence-electron chi connectivity index (χ1n) is 7.25. The van der Waals surface area contributed by atoms with Crippen molar-refractivity contribution < 1.29 is 4.79 Å². The molecule has 0 spiro atoms. The zero-order valence-electron chi connectivity index (χ0n) is 13.4. The number of aromatic nitrogens is 1. The number of rotatable bonds is 5. The van der Waals surface area contributed by atoms with Crippen molar-refractivity contribution in [3.63, 3.8) is 0 Å². The third kappa shape index (κ3) is 4.43. The predicted molar refractivity (Wildman–Crippen MR) is 97.4 cm³/mol. The van der Waals surface area contributed by atoms with Gasteiger partial charge in [-0.2, -0.15) is 0 Å². The average molecular weight is 368 g/mol. The van der Waals surface area contributed by atoms with Crippen molar-refractivity contribution in [3.8, 4) is 0 Å². The predicted octanol–water partition coefficient (Wildman–Crippen LogP) is 2.30. The molecule has 0 bridgehead atoms. The van der Waals surface area contributed by atoms with Crippen LogP contribution in [-0.2, 0) is 20.1 Å².